The number of hydrogen-bond donors (Lipinski definition) is 3. The summed E-state index contributed by atoms with van der Waals surface area (Å²) in [6.45, 7) is 1.24. The van der Waals surface area contributed by atoms with E-state index in [9.17, 15) is 19.5 Å². The van der Waals surface area contributed by atoms with Crippen LogP contribution in [0.2, 0.25) is 0 Å². The smallest absolute Gasteiger partial charge is 0.319 e. The van der Waals surface area contributed by atoms with Gasteiger partial charge in [0.2, 0.25) is 11.8 Å². The molecule has 0 aromatic heterocycles. The average Bonchev–Trinajstić information content (AvgIpc) is 2.80. The van der Waals surface area contributed by atoms with Crippen LogP contribution in [-0.4, -0.2) is 54.5 Å². The topological polar surface area (TPSA) is 108 Å². The van der Waals surface area contributed by atoms with Crippen molar-refractivity contribution in [3.05, 3.63) is 58.6 Å². The minimum absolute atomic E-state index is 0.298. The van der Waals surface area contributed by atoms with Crippen LogP contribution in [0, 0.1) is 5.41 Å². The van der Waals surface area contributed by atoms with Crippen LogP contribution in [0.5, 0.6) is 5.75 Å². The van der Waals surface area contributed by atoms with Crippen molar-refractivity contribution in [3.8, 4) is 5.75 Å². The summed E-state index contributed by atoms with van der Waals surface area (Å²) in [5.41, 5.74) is 0.108. The molecule has 1 aliphatic carbocycles. The summed E-state index contributed by atoms with van der Waals surface area (Å²) >= 11 is 3.46. The maximum atomic E-state index is 13.1. The van der Waals surface area contributed by atoms with Crippen LogP contribution in [0.4, 0.5) is 5.69 Å². The largest absolute Gasteiger partial charge is 0.488 e. The highest BCUT2D eigenvalue weighted by Gasteiger charge is 2.51. The molecule has 194 valence electrons. The highest BCUT2D eigenvalue weighted by molar-refractivity contribution is 9.10. The number of hydrogen-bond acceptors (Lipinski definition) is 5. The highest BCUT2D eigenvalue weighted by atomic mass is 79.9. The van der Waals surface area contributed by atoms with Crippen LogP contribution in [0.25, 0.3) is 0 Å². The fraction of sp³-hybridized carbons (Fsp3) is 0.444. The minimum Gasteiger partial charge on any atom is -0.488 e. The van der Waals surface area contributed by atoms with Gasteiger partial charge in [0.1, 0.15) is 23.8 Å². The van der Waals surface area contributed by atoms with E-state index in [0.29, 0.717) is 38.0 Å². The highest BCUT2D eigenvalue weighted by Crippen LogP contribution is 2.41. The van der Waals surface area contributed by atoms with Gasteiger partial charge in [0.05, 0.1) is 4.47 Å². The predicted octanol–water partition coefficient (Wildman–Crippen LogP) is 4.44. The average molecular weight is 560 g/mol. The van der Waals surface area contributed by atoms with E-state index < -0.39 is 23.3 Å². The normalized spacial score (nSPS) is 15.0. The molecule has 1 aliphatic rings. The Morgan fingerprint density at radius 3 is 2.36 bits per heavy atom. The summed E-state index contributed by atoms with van der Waals surface area (Å²) in [7, 11) is 3.96. The number of halogens is 1. The number of aliphatic carboxylic acids is 1. The predicted molar refractivity (Wildman–Crippen MR) is 142 cm³/mol. The molecular formula is C27H34BrN3O5. The Balaban J connectivity index is 1.61. The number of ether oxygens (including phenoxy) is 1. The number of carboxylic acids is 1. The minimum atomic E-state index is -1.42. The summed E-state index contributed by atoms with van der Waals surface area (Å²) in [6, 6.07) is 14.1. The number of para-hydroxylation sites is 1. The van der Waals surface area contributed by atoms with Crippen LogP contribution < -0.4 is 15.4 Å². The van der Waals surface area contributed by atoms with Crippen LogP contribution in [0.1, 0.15) is 44.1 Å². The number of rotatable bonds is 13. The molecule has 1 fully saturated rings. The molecule has 0 spiro atoms. The van der Waals surface area contributed by atoms with Crippen molar-refractivity contribution in [3.63, 3.8) is 0 Å². The molecule has 0 radical (unpaired) electrons. The van der Waals surface area contributed by atoms with Gasteiger partial charge in [-0.3, -0.25) is 14.4 Å². The van der Waals surface area contributed by atoms with Crippen molar-refractivity contribution in [2.24, 2.45) is 5.41 Å². The molecule has 9 heteroatoms. The zero-order chi connectivity index (χ0) is 26.1. The number of unbranched alkanes of at least 4 members (excludes halogenated alkanes) is 1. The molecule has 3 N–H and O–H groups in total. The van der Waals surface area contributed by atoms with E-state index in [1.54, 1.807) is 12.1 Å². The van der Waals surface area contributed by atoms with Gasteiger partial charge in [-0.05, 0) is 98.5 Å². The first-order valence-corrected chi connectivity index (χ1v) is 13.0. The van der Waals surface area contributed by atoms with Gasteiger partial charge in [-0.25, -0.2) is 0 Å². The summed E-state index contributed by atoms with van der Waals surface area (Å²) in [4.78, 5) is 39.8. The number of nitrogens with zero attached hydrogens (tertiary/aromatic N) is 1. The van der Waals surface area contributed by atoms with E-state index in [1.165, 1.54) is 0 Å². The molecule has 2 aromatic rings. The monoisotopic (exact) mass is 559 g/mol. The Morgan fingerprint density at radius 2 is 1.78 bits per heavy atom. The molecule has 1 saturated carbocycles. The van der Waals surface area contributed by atoms with Crippen LogP contribution >= 0.6 is 15.9 Å². The Morgan fingerprint density at radius 1 is 1.08 bits per heavy atom. The maximum absolute atomic E-state index is 13.1. The zero-order valence-electron chi connectivity index (χ0n) is 20.8. The molecule has 0 aliphatic heterocycles. The number of carbonyl (C=O) groups is 3. The van der Waals surface area contributed by atoms with Crippen molar-refractivity contribution >= 4 is 39.4 Å². The fourth-order valence-corrected chi connectivity index (χ4v) is 4.45. The van der Waals surface area contributed by atoms with Crippen molar-refractivity contribution in [2.45, 2.75) is 51.2 Å². The van der Waals surface area contributed by atoms with E-state index in [2.05, 4.69) is 31.5 Å². The van der Waals surface area contributed by atoms with E-state index in [1.807, 2.05) is 50.5 Å². The van der Waals surface area contributed by atoms with Crippen LogP contribution in [-0.2, 0) is 21.0 Å². The molecule has 2 aromatic carbocycles. The summed E-state index contributed by atoms with van der Waals surface area (Å²) in [5.74, 6) is -1.31. The third-order valence-electron chi connectivity index (χ3n) is 6.47. The molecule has 0 heterocycles. The second kappa shape index (κ2) is 12.9. The molecule has 1 unspecified atom stereocenters. The lowest BCUT2D eigenvalue weighted by molar-refractivity contribution is -0.162. The number of carboxylic acid groups (broad SMARTS) is 1. The fourth-order valence-electron chi connectivity index (χ4n) is 4.05. The van der Waals surface area contributed by atoms with Crippen molar-refractivity contribution in [1.82, 2.24) is 10.2 Å². The number of amides is 2. The van der Waals surface area contributed by atoms with E-state index in [0.717, 1.165) is 35.2 Å². The van der Waals surface area contributed by atoms with E-state index in [4.69, 9.17) is 4.74 Å². The van der Waals surface area contributed by atoms with Crippen LogP contribution in [0.3, 0.4) is 0 Å². The lowest BCUT2D eigenvalue weighted by Crippen LogP contribution is -2.55. The Bertz CT molecular complexity index is 1050. The zero-order valence-corrected chi connectivity index (χ0v) is 22.3. The van der Waals surface area contributed by atoms with Gasteiger partial charge in [-0.1, -0.05) is 30.7 Å². The van der Waals surface area contributed by atoms with Crippen molar-refractivity contribution < 1.29 is 24.2 Å². The van der Waals surface area contributed by atoms with Gasteiger partial charge in [0.25, 0.3) is 0 Å². The van der Waals surface area contributed by atoms with Gasteiger partial charge in [0, 0.05) is 5.69 Å². The molecule has 2 amide bonds. The standard InChI is InChI=1S/C27H34BrN3O5/c1-31(2)17-6-5-9-22(30-25(33)27(26(34)35)15-7-16-27)24(32)29-20-13-11-19(12-14-20)18-36-23-10-4-3-8-21(23)28/h3-4,8,10-14,22H,5-7,9,15-18H2,1-2H3,(H,29,32)(H,30,33)(H,34,35). The molecular weight excluding hydrogens is 526 g/mol. The first-order valence-electron chi connectivity index (χ1n) is 12.2. The van der Waals surface area contributed by atoms with Gasteiger partial charge < -0.3 is 25.4 Å². The van der Waals surface area contributed by atoms with Gasteiger partial charge >= 0.3 is 5.97 Å². The number of carbonyl (C=O) groups excluding carboxylic acids is 2. The summed E-state index contributed by atoms with van der Waals surface area (Å²) < 4.78 is 6.71. The summed E-state index contributed by atoms with van der Waals surface area (Å²) in [6.07, 6.45) is 3.30. The molecule has 0 saturated heterocycles. The van der Waals surface area contributed by atoms with E-state index >= 15 is 0 Å². The molecule has 0 bridgehead atoms. The number of benzene rings is 2. The number of anilines is 1. The van der Waals surface area contributed by atoms with Crippen molar-refractivity contribution in [1.29, 1.82) is 0 Å². The molecule has 3 rings (SSSR count). The molecule has 8 nitrogen and oxygen atoms in total. The first-order chi connectivity index (χ1) is 17.2. The van der Waals surface area contributed by atoms with Gasteiger partial charge in [0.15, 0.2) is 0 Å². The quantitative estimate of drug-likeness (QED) is 0.247. The Kier molecular flexibility index (Phi) is 9.89. The maximum Gasteiger partial charge on any atom is 0.319 e. The lowest BCUT2D eigenvalue weighted by Gasteiger charge is -2.37. The Labute approximate surface area is 220 Å². The molecule has 36 heavy (non-hydrogen) atoms. The third kappa shape index (κ3) is 7.30. The first kappa shape index (κ1) is 27.7. The third-order valence-corrected chi connectivity index (χ3v) is 7.13. The lowest BCUT2D eigenvalue weighted by atomic mass is 9.68. The van der Waals surface area contributed by atoms with Gasteiger partial charge in [-0.15, -0.1) is 0 Å². The number of nitrogens with one attached hydrogen (secondary N) is 2. The SMILES string of the molecule is CN(C)CCCCC(NC(=O)C1(C(=O)O)CCC1)C(=O)Nc1ccc(COc2ccccc2Br)cc1. The summed E-state index contributed by atoms with van der Waals surface area (Å²) in [5, 5.41) is 15.2. The van der Waals surface area contributed by atoms with Crippen LogP contribution in [0.15, 0.2) is 53.0 Å². The van der Waals surface area contributed by atoms with E-state index in [-0.39, 0.29) is 5.91 Å². The van der Waals surface area contributed by atoms with Gasteiger partial charge in [-0.2, -0.15) is 0 Å². The molecule has 1 atom stereocenters. The second-order valence-electron chi connectivity index (χ2n) is 9.47. The second-order valence-corrected chi connectivity index (χ2v) is 10.3. The van der Waals surface area contributed by atoms with Crippen molar-refractivity contribution in [2.75, 3.05) is 26.0 Å². The Hall–Kier alpha value is -2.91.